The Hall–Kier alpha value is -2.35. The van der Waals surface area contributed by atoms with Crippen molar-refractivity contribution in [2.45, 2.75) is 13.3 Å². The van der Waals surface area contributed by atoms with Crippen molar-refractivity contribution in [2.75, 3.05) is 10.0 Å². The molecule has 2 aromatic rings. The zero-order valence-corrected chi connectivity index (χ0v) is 13.6. The molecule has 1 atom stereocenters. The molecule has 0 aliphatic carbocycles. The summed E-state index contributed by atoms with van der Waals surface area (Å²) in [6, 6.07) is 8.48. The Morgan fingerprint density at radius 3 is 2.79 bits per heavy atom. The monoisotopic (exact) mass is 350 g/mol. The summed E-state index contributed by atoms with van der Waals surface area (Å²) in [7, 11) is 0. The van der Waals surface area contributed by atoms with Gasteiger partial charge >= 0.3 is 0 Å². The molecular weight excluding hydrogens is 335 g/mol. The summed E-state index contributed by atoms with van der Waals surface area (Å²) in [6.45, 7) is 2.02. The Morgan fingerprint density at radius 2 is 2.08 bits per heavy atom. The second-order valence-electron chi connectivity index (χ2n) is 5.76. The minimum Gasteiger partial charge on any atom is -0.870 e. The number of aromatic nitrogens is 1. The van der Waals surface area contributed by atoms with Crippen LogP contribution in [0.4, 0.5) is 15.8 Å². The standard InChI is InChI=1S/C16H14ClFN4O.H2O/c1-9-7-10-3-2-4-12(18)15(10)22-14(9)16(23)21(20-22)11-5-6-13(17)19-8-11;/h2-6,8-9,20,23H,7H2,1H3;1H2. The number of aliphatic hydroxyl groups excluding tert-OH is 1. The summed E-state index contributed by atoms with van der Waals surface area (Å²) in [5, 5.41) is 14.3. The molecule has 4 rings (SSSR count). The van der Waals surface area contributed by atoms with Crippen molar-refractivity contribution in [3.63, 3.8) is 0 Å². The van der Waals surface area contributed by atoms with Crippen LogP contribution in [0.1, 0.15) is 12.5 Å². The van der Waals surface area contributed by atoms with Gasteiger partial charge in [-0.25, -0.2) is 9.37 Å². The zero-order chi connectivity index (χ0) is 16.1. The second kappa shape index (κ2) is 5.94. The van der Waals surface area contributed by atoms with Gasteiger partial charge in [-0.3, -0.25) is 0 Å². The van der Waals surface area contributed by atoms with Gasteiger partial charge in [-0.15, -0.1) is 10.5 Å². The lowest BCUT2D eigenvalue weighted by molar-refractivity contribution is -0.662. The maximum atomic E-state index is 14.3. The molecule has 0 amide bonds. The number of aliphatic hydroxyl groups is 1. The van der Waals surface area contributed by atoms with Crippen LogP contribution in [0.2, 0.25) is 5.15 Å². The number of quaternary nitrogens is 1. The molecule has 126 valence electrons. The van der Waals surface area contributed by atoms with Crippen molar-refractivity contribution in [3.8, 4) is 0 Å². The third-order valence-corrected chi connectivity index (χ3v) is 4.47. The fraction of sp³-hybridized carbons (Fsp3) is 0.188. The van der Waals surface area contributed by atoms with Gasteiger partial charge in [0.25, 0.3) is 5.88 Å². The molecule has 24 heavy (non-hydrogen) atoms. The van der Waals surface area contributed by atoms with Crippen LogP contribution in [-0.4, -0.2) is 15.6 Å². The van der Waals surface area contributed by atoms with E-state index in [1.54, 1.807) is 39.9 Å². The molecule has 3 heterocycles. The van der Waals surface area contributed by atoms with E-state index < -0.39 is 0 Å². The van der Waals surface area contributed by atoms with Gasteiger partial charge in [-0.1, -0.05) is 30.7 Å². The minimum atomic E-state index is -0.299. The fourth-order valence-corrected chi connectivity index (χ4v) is 3.33. The summed E-state index contributed by atoms with van der Waals surface area (Å²) >= 11 is 5.81. The largest absolute Gasteiger partial charge is 0.870 e. The van der Waals surface area contributed by atoms with Crippen molar-refractivity contribution in [1.82, 2.24) is 4.98 Å². The molecule has 1 unspecified atom stereocenters. The van der Waals surface area contributed by atoms with Crippen LogP contribution in [0, 0.1) is 11.7 Å². The number of rotatable bonds is 1. The first kappa shape index (κ1) is 16.5. The van der Waals surface area contributed by atoms with Crippen LogP contribution in [-0.2, 0) is 6.42 Å². The number of fused-ring (bicyclic) bond motifs is 3. The lowest BCUT2D eigenvalue weighted by Gasteiger charge is -2.29. The molecule has 2 aliphatic heterocycles. The number of pyridine rings is 1. The topological polar surface area (TPSA) is 86.2 Å². The number of hydrogen-bond acceptors (Lipinski definition) is 5. The third-order valence-electron chi connectivity index (χ3n) is 4.24. The summed E-state index contributed by atoms with van der Waals surface area (Å²) in [5.41, 5.74) is 4.47. The fourth-order valence-electron chi connectivity index (χ4n) is 3.22. The van der Waals surface area contributed by atoms with E-state index in [-0.39, 0.29) is 23.1 Å². The first-order valence-corrected chi connectivity index (χ1v) is 7.69. The molecule has 0 bridgehead atoms. The van der Waals surface area contributed by atoms with Crippen LogP contribution < -0.4 is 15.6 Å². The highest BCUT2D eigenvalue weighted by molar-refractivity contribution is 6.29. The molecule has 0 radical (unpaired) electrons. The number of nitrogens with two attached hydrogens (primary N) is 1. The van der Waals surface area contributed by atoms with Gasteiger partial charge in [0.2, 0.25) is 0 Å². The highest BCUT2D eigenvalue weighted by atomic mass is 35.5. The van der Waals surface area contributed by atoms with Gasteiger partial charge in [-0.05, 0) is 30.2 Å². The quantitative estimate of drug-likeness (QED) is 0.609. The van der Waals surface area contributed by atoms with Crippen molar-refractivity contribution in [2.24, 2.45) is 5.92 Å². The van der Waals surface area contributed by atoms with Crippen LogP contribution in [0.15, 0.2) is 48.1 Å². The number of para-hydroxylation sites is 1. The van der Waals surface area contributed by atoms with E-state index in [0.717, 1.165) is 5.56 Å². The third kappa shape index (κ3) is 2.37. The van der Waals surface area contributed by atoms with Gasteiger partial charge < -0.3 is 10.6 Å². The Morgan fingerprint density at radius 1 is 1.29 bits per heavy atom. The van der Waals surface area contributed by atoms with Crippen LogP contribution in [0.25, 0.3) is 0 Å². The summed E-state index contributed by atoms with van der Waals surface area (Å²) in [5.74, 6) is -0.131. The van der Waals surface area contributed by atoms with Crippen molar-refractivity contribution in [3.05, 3.63) is 64.6 Å². The molecule has 8 heteroatoms. The normalized spacial score (nSPS) is 19.0. The van der Waals surface area contributed by atoms with Crippen molar-refractivity contribution >= 4 is 23.0 Å². The van der Waals surface area contributed by atoms with E-state index in [4.69, 9.17) is 11.6 Å². The van der Waals surface area contributed by atoms with Crippen LogP contribution in [0.5, 0.6) is 0 Å². The minimum absolute atomic E-state index is 0. The van der Waals surface area contributed by atoms with Gasteiger partial charge in [0.1, 0.15) is 22.2 Å². The lowest BCUT2D eigenvalue weighted by Crippen LogP contribution is -2.99. The molecular formula is C16H16ClFN4O2. The Kier molecular flexibility index (Phi) is 4.08. The average Bonchev–Trinajstić information content (AvgIpc) is 2.86. The predicted molar refractivity (Wildman–Crippen MR) is 87.0 cm³/mol. The Labute approximate surface area is 143 Å². The molecule has 0 saturated heterocycles. The van der Waals surface area contributed by atoms with Crippen LogP contribution >= 0.6 is 11.6 Å². The Balaban J connectivity index is 0.00000169. The van der Waals surface area contributed by atoms with Gasteiger partial charge in [0.15, 0.2) is 5.82 Å². The molecule has 1 aromatic carbocycles. The van der Waals surface area contributed by atoms with E-state index in [1.807, 2.05) is 13.0 Å². The van der Waals surface area contributed by atoms with Crippen LogP contribution in [0.3, 0.4) is 0 Å². The number of nitrogens with zero attached hydrogens (tertiary/aromatic N) is 3. The summed E-state index contributed by atoms with van der Waals surface area (Å²) < 4.78 is 14.3. The molecule has 2 aliphatic rings. The van der Waals surface area contributed by atoms with E-state index in [0.29, 0.717) is 28.6 Å². The SMILES string of the molecule is CC1Cc2cccc(F)c2N2[NH2+]N(c3ccc(Cl)nc3)C(O)=C12.[OH-]. The summed E-state index contributed by atoms with van der Waals surface area (Å²) in [4.78, 5) is 4.03. The van der Waals surface area contributed by atoms with E-state index in [9.17, 15) is 9.50 Å². The highest BCUT2D eigenvalue weighted by Crippen LogP contribution is 2.39. The number of hydrogen-bond donors (Lipinski definition) is 2. The Bertz CT molecular complexity index is 812. The lowest BCUT2D eigenvalue weighted by atomic mass is 9.92. The van der Waals surface area contributed by atoms with Gasteiger partial charge in [-0.2, -0.15) is 5.01 Å². The number of anilines is 2. The average molecular weight is 351 g/mol. The molecule has 0 fully saturated rings. The first-order chi connectivity index (χ1) is 11.1. The zero-order valence-electron chi connectivity index (χ0n) is 12.8. The first-order valence-electron chi connectivity index (χ1n) is 7.32. The molecule has 6 nitrogen and oxygen atoms in total. The van der Waals surface area contributed by atoms with E-state index in [2.05, 4.69) is 4.98 Å². The second-order valence-corrected chi connectivity index (χ2v) is 6.14. The van der Waals surface area contributed by atoms with E-state index >= 15 is 0 Å². The summed E-state index contributed by atoms with van der Waals surface area (Å²) in [6.07, 6.45) is 2.25. The van der Waals surface area contributed by atoms with E-state index in [1.165, 1.54) is 6.07 Å². The number of benzene rings is 1. The smallest absolute Gasteiger partial charge is 0.267 e. The number of allylic oxidation sites excluding steroid dienone is 1. The maximum Gasteiger partial charge on any atom is 0.267 e. The molecule has 0 spiro atoms. The molecule has 0 saturated carbocycles. The number of halogens is 2. The van der Waals surface area contributed by atoms with Gasteiger partial charge in [0, 0.05) is 5.92 Å². The highest BCUT2D eigenvalue weighted by Gasteiger charge is 2.43. The van der Waals surface area contributed by atoms with Crippen molar-refractivity contribution < 1.29 is 20.5 Å². The van der Waals surface area contributed by atoms with Crippen molar-refractivity contribution in [1.29, 1.82) is 0 Å². The van der Waals surface area contributed by atoms with Gasteiger partial charge in [0.05, 0.1) is 6.20 Å². The predicted octanol–water partition coefficient (Wildman–Crippen LogP) is 2.34. The maximum absolute atomic E-state index is 14.3. The molecule has 1 aromatic heterocycles. The molecule has 4 N–H and O–H groups in total.